The van der Waals surface area contributed by atoms with Crippen molar-refractivity contribution in [1.29, 1.82) is 0 Å². The maximum absolute atomic E-state index is 13.7. The van der Waals surface area contributed by atoms with Gasteiger partial charge in [0.15, 0.2) is 0 Å². The molecule has 0 aromatic heterocycles. The van der Waals surface area contributed by atoms with Gasteiger partial charge in [-0.3, -0.25) is 0 Å². The van der Waals surface area contributed by atoms with Crippen molar-refractivity contribution < 1.29 is 13.2 Å². The molecule has 1 atom stereocenters. The molecule has 1 N–H and O–H groups in total. The third kappa shape index (κ3) is 3.53. The van der Waals surface area contributed by atoms with Gasteiger partial charge in [0.1, 0.15) is 17.5 Å². The molecule has 0 aliphatic rings. The summed E-state index contributed by atoms with van der Waals surface area (Å²) < 4.78 is 39.9. The lowest BCUT2D eigenvalue weighted by Gasteiger charge is -2.16. The second-order valence-corrected chi connectivity index (χ2v) is 4.96. The van der Waals surface area contributed by atoms with Crippen molar-refractivity contribution in [1.82, 2.24) is 0 Å². The Morgan fingerprint density at radius 3 is 2.30 bits per heavy atom. The molecular formula is C16H16F3N. The van der Waals surface area contributed by atoms with Crippen molar-refractivity contribution in [3.63, 3.8) is 0 Å². The van der Waals surface area contributed by atoms with Crippen molar-refractivity contribution in [2.24, 2.45) is 0 Å². The van der Waals surface area contributed by atoms with Crippen LogP contribution >= 0.6 is 0 Å². The quantitative estimate of drug-likeness (QED) is 0.871. The predicted molar refractivity (Wildman–Crippen MR) is 74.3 cm³/mol. The van der Waals surface area contributed by atoms with Crippen LogP contribution in [0.3, 0.4) is 0 Å². The summed E-state index contributed by atoms with van der Waals surface area (Å²) in [6.07, 6.45) is 0.592. The number of anilines is 1. The van der Waals surface area contributed by atoms with E-state index >= 15 is 0 Å². The molecule has 1 unspecified atom stereocenters. The third-order valence-corrected chi connectivity index (χ3v) is 3.11. The molecule has 0 amide bonds. The van der Waals surface area contributed by atoms with E-state index in [9.17, 15) is 13.2 Å². The minimum atomic E-state index is -0.477. The predicted octanol–water partition coefficient (Wildman–Crippen LogP) is 4.46. The van der Waals surface area contributed by atoms with Gasteiger partial charge in [-0.1, -0.05) is 12.1 Å². The first-order chi connectivity index (χ1) is 9.45. The van der Waals surface area contributed by atoms with Gasteiger partial charge in [-0.15, -0.1) is 0 Å². The van der Waals surface area contributed by atoms with Gasteiger partial charge in [0.05, 0.1) is 5.69 Å². The molecule has 0 aliphatic carbocycles. The van der Waals surface area contributed by atoms with E-state index < -0.39 is 11.6 Å². The lowest BCUT2D eigenvalue weighted by atomic mass is 10.1. The molecule has 0 aliphatic heterocycles. The van der Waals surface area contributed by atoms with E-state index in [0.29, 0.717) is 6.42 Å². The number of rotatable bonds is 4. The van der Waals surface area contributed by atoms with E-state index in [1.165, 1.54) is 25.1 Å². The normalized spacial score (nSPS) is 12.2. The van der Waals surface area contributed by atoms with Gasteiger partial charge in [0.25, 0.3) is 0 Å². The standard InChI is InChI=1S/C16H16F3N/c1-10-7-15(19)16(9-14(10)18)20-11(2)8-12-3-5-13(17)6-4-12/h3-7,9,11,20H,8H2,1-2H3. The topological polar surface area (TPSA) is 12.0 Å². The lowest BCUT2D eigenvalue weighted by molar-refractivity contribution is 0.592. The van der Waals surface area contributed by atoms with Crippen LogP contribution in [-0.4, -0.2) is 6.04 Å². The van der Waals surface area contributed by atoms with Crippen LogP contribution in [0.2, 0.25) is 0 Å². The highest BCUT2D eigenvalue weighted by Crippen LogP contribution is 2.20. The summed E-state index contributed by atoms with van der Waals surface area (Å²) in [6.45, 7) is 3.38. The summed E-state index contributed by atoms with van der Waals surface area (Å²) in [5, 5.41) is 2.93. The summed E-state index contributed by atoms with van der Waals surface area (Å²) in [6, 6.07) is 8.35. The monoisotopic (exact) mass is 279 g/mol. The molecular weight excluding hydrogens is 263 g/mol. The first-order valence-electron chi connectivity index (χ1n) is 6.42. The van der Waals surface area contributed by atoms with Crippen LogP contribution in [0.25, 0.3) is 0 Å². The summed E-state index contributed by atoms with van der Waals surface area (Å²) in [7, 11) is 0. The van der Waals surface area contributed by atoms with Gasteiger partial charge in [0.2, 0.25) is 0 Å². The Hall–Kier alpha value is -1.97. The number of halogens is 3. The molecule has 2 aromatic carbocycles. The van der Waals surface area contributed by atoms with Crippen molar-refractivity contribution in [2.45, 2.75) is 26.3 Å². The maximum Gasteiger partial charge on any atom is 0.146 e. The minimum Gasteiger partial charge on any atom is -0.380 e. The van der Waals surface area contributed by atoms with Crippen LogP contribution in [0.15, 0.2) is 36.4 Å². The fourth-order valence-corrected chi connectivity index (χ4v) is 2.05. The lowest BCUT2D eigenvalue weighted by Crippen LogP contribution is -2.19. The highest BCUT2D eigenvalue weighted by molar-refractivity contribution is 5.47. The zero-order chi connectivity index (χ0) is 14.7. The molecule has 0 spiro atoms. The summed E-state index contributed by atoms with van der Waals surface area (Å²) in [5.41, 5.74) is 1.35. The van der Waals surface area contributed by atoms with E-state index in [1.54, 1.807) is 12.1 Å². The highest BCUT2D eigenvalue weighted by atomic mass is 19.1. The van der Waals surface area contributed by atoms with Crippen molar-refractivity contribution >= 4 is 5.69 Å². The van der Waals surface area contributed by atoms with Gasteiger partial charge in [-0.05, 0) is 49.6 Å². The molecule has 2 aromatic rings. The first-order valence-corrected chi connectivity index (χ1v) is 6.42. The number of aryl methyl sites for hydroxylation is 1. The van der Waals surface area contributed by atoms with Crippen LogP contribution in [0.1, 0.15) is 18.1 Å². The summed E-state index contributed by atoms with van der Waals surface area (Å²) in [4.78, 5) is 0. The zero-order valence-corrected chi connectivity index (χ0v) is 11.4. The first kappa shape index (κ1) is 14.4. The summed E-state index contributed by atoms with van der Waals surface area (Å²) >= 11 is 0. The molecule has 2 rings (SSSR count). The Labute approximate surface area is 116 Å². The van der Waals surface area contributed by atoms with Gasteiger partial charge in [-0.2, -0.15) is 0 Å². The Kier molecular flexibility index (Phi) is 4.32. The van der Waals surface area contributed by atoms with E-state index in [2.05, 4.69) is 5.32 Å². The smallest absolute Gasteiger partial charge is 0.146 e. The van der Waals surface area contributed by atoms with Crippen LogP contribution < -0.4 is 5.32 Å². The van der Waals surface area contributed by atoms with Crippen molar-refractivity contribution in [2.75, 3.05) is 5.32 Å². The van der Waals surface area contributed by atoms with E-state index in [1.807, 2.05) is 6.92 Å². The van der Waals surface area contributed by atoms with E-state index in [4.69, 9.17) is 0 Å². The fourth-order valence-electron chi connectivity index (χ4n) is 2.05. The molecule has 106 valence electrons. The Morgan fingerprint density at radius 2 is 1.65 bits per heavy atom. The maximum atomic E-state index is 13.7. The Balaban J connectivity index is 2.06. The van der Waals surface area contributed by atoms with E-state index in [-0.39, 0.29) is 23.1 Å². The molecule has 0 fully saturated rings. The molecule has 0 saturated heterocycles. The highest BCUT2D eigenvalue weighted by Gasteiger charge is 2.10. The van der Waals surface area contributed by atoms with Crippen molar-refractivity contribution in [3.8, 4) is 0 Å². The van der Waals surface area contributed by atoms with Crippen LogP contribution in [0.4, 0.5) is 18.9 Å². The molecule has 0 heterocycles. The zero-order valence-electron chi connectivity index (χ0n) is 11.4. The number of nitrogens with one attached hydrogen (secondary N) is 1. The number of benzene rings is 2. The molecule has 1 nitrogen and oxygen atoms in total. The van der Waals surface area contributed by atoms with Crippen molar-refractivity contribution in [3.05, 3.63) is 65.0 Å². The van der Waals surface area contributed by atoms with Crippen LogP contribution in [0, 0.1) is 24.4 Å². The average Bonchev–Trinajstić information content (AvgIpc) is 2.39. The molecule has 0 radical (unpaired) electrons. The SMILES string of the molecule is Cc1cc(F)c(NC(C)Cc2ccc(F)cc2)cc1F. The van der Waals surface area contributed by atoms with Gasteiger partial charge in [-0.25, -0.2) is 13.2 Å². The van der Waals surface area contributed by atoms with Crippen LogP contribution in [0.5, 0.6) is 0 Å². The summed E-state index contributed by atoms with van der Waals surface area (Å²) in [5.74, 6) is -1.21. The second kappa shape index (κ2) is 5.99. The molecule has 4 heteroatoms. The Morgan fingerprint density at radius 1 is 1.00 bits per heavy atom. The minimum absolute atomic E-state index is 0.0999. The fraction of sp³-hybridized carbons (Fsp3) is 0.250. The second-order valence-electron chi connectivity index (χ2n) is 4.96. The van der Waals surface area contributed by atoms with E-state index in [0.717, 1.165) is 11.6 Å². The number of hydrogen-bond acceptors (Lipinski definition) is 1. The Bertz CT molecular complexity index is 593. The van der Waals surface area contributed by atoms with Gasteiger partial charge in [0, 0.05) is 12.1 Å². The average molecular weight is 279 g/mol. The number of hydrogen-bond donors (Lipinski definition) is 1. The molecule has 20 heavy (non-hydrogen) atoms. The molecule has 0 saturated carbocycles. The molecule has 0 bridgehead atoms. The van der Waals surface area contributed by atoms with Gasteiger partial charge < -0.3 is 5.32 Å². The van der Waals surface area contributed by atoms with Crippen LogP contribution in [-0.2, 0) is 6.42 Å². The third-order valence-electron chi connectivity index (χ3n) is 3.11. The van der Waals surface area contributed by atoms with Gasteiger partial charge >= 0.3 is 0 Å². The largest absolute Gasteiger partial charge is 0.380 e.